The Morgan fingerprint density at radius 3 is 2.61 bits per heavy atom. The highest BCUT2D eigenvalue weighted by Gasteiger charge is 2.42. The molecule has 2 N–H and O–H groups in total. The molecule has 3 amide bonds. The molecular weight excluding hydrogens is 637 g/mol. The number of unbranched alkanes of at least 4 members (excludes halogenated alkanes) is 1. The van der Waals surface area contributed by atoms with Gasteiger partial charge < -0.3 is 29.7 Å². The molecule has 5 rings (SSSR count). The van der Waals surface area contributed by atoms with Crippen LogP contribution in [0.5, 0.6) is 0 Å². The van der Waals surface area contributed by atoms with Crippen molar-refractivity contribution in [3.63, 3.8) is 0 Å². The molecule has 3 saturated heterocycles. The average molecular weight is 677 g/mol. The summed E-state index contributed by atoms with van der Waals surface area (Å²) in [4.78, 5) is 55.8. The van der Waals surface area contributed by atoms with Crippen LogP contribution in [-0.2, 0) is 30.3 Å². The van der Waals surface area contributed by atoms with Crippen LogP contribution in [0.1, 0.15) is 25.7 Å². The Balaban J connectivity index is 0.846. The van der Waals surface area contributed by atoms with Gasteiger partial charge in [0.2, 0.25) is 5.91 Å². The van der Waals surface area contributed by atoms with E-state index in [0.717, 1.165) is 44.6 Å². The summed E-state index contributed by atoms with van der Waals surface area (Å²) >= 11 is 3.07. The number of hydrogen-bond acceptors (Lipinski definition) is 11. The summed E-state index contributed by atoms with van der Waals surface area (Å²) < 4.78 is 18.6. The van der Waals surface area contributed by atoms with E-state index in [4.69, 9.17) is 19.7 Å². The molecule has 0 unspecified atom stereocenters. The number of carbonyl (C=O) groups excluding carboxylic acids is 3. The van der Waals surface area contributed by atoms with E-state index in [1.165, 1.54) is 15.5 Å². The zero-order valence-corrected chi connectivity index (χ0v) is 27.3. The Morgan fingerprint density at radius 2 is 1.80 bits per heavy atom. The Hall–Kier alpha value is -3.34. The lowest BCUT2D eigenvalue weighted by Crippen LogP contribution is -2.50. The molecule has 0 bridgehead atoms. The molecule has 1 aromatic carbocycles. The zero-order valence-electron chi connectivity index (χ0n) is 25.6. The molecule has 3 fully saturated rings. The van der Waals surface area contributed by atoms with Crippen LogP contribution < -0.4 is 16.2 Å². The van der Waals surface area contributed by atoms with Gasteiger partial charge in [0.05, 0.1) is 48.6 Å². The van der Waals surface area contributed by atoms with Crippen LogP contribution in [0.15, 0.2) is 28.1 Å². The van der Waals surface area contributed by atoms with Gasteiger partial charge in [-0.1, -0.05) is 29.1 Å². The third-order valence-corrected chi connectivity index (χ3v) is 10.8. The summed E-state index contributed by atoms with van der Waals surface area (Å²) in [7, 11) is 0. The van der Waals surface area contributed by atoms with Gasteiger partial charge in [-0.05, 0) is 30.5 Å². The number of nitrogens with zero attached hydrogens (tertiary/aromatic N) is 6. The quantitative estimate of drug-likeness (QED) is 0.0636. The summed E-state index contributed by atoms with van der Waals surface area (Å²) in [6.07, 6.45) is 3.05. The smallest absolute Gasteiger partial charge is 0.315 e. The van der Waals surface area contributed by atoms with Crippen molar-refractivity contribution in [1.29, 1.82) is 0 Å². The lowest BCUT2D eigenvalue weighted by molar-refractivity contribution is -0.145. The van der Waals surface area contributed by atoms with Gasteiger partial charge in [0.15, 0.2) is 0 Å². The number of amides is 3. The molecule has 46 heavy (non-hydrogen) atoms. The summed E-state index contributed by atoms with van der Waals surface area (Å²) in [6.45, 7) is 5.29. The third-order valence-electron chi connectivity index (χ3n) is 8.27. The monoisotopic (exact) mass is 676 g/mol. The van der Waals surface area contributed by atoms with Crippen LogP contribution in [0.2, 0.25) is 0 Å². The number of benzene rings is 1. The predicted molar refractivity (Wildman–Crippen MR) is 174 cm³/mol. The third kappa shape index (κ3) is 9.36. The maximum atomic E-state index is 12.9. The number of azide groups is 1. The number of fused-ring (bicyclic) bond motifs is 2. The lowest BCUT2D eigenvalue weighted by atomic mass is 10.0. The molecule has 0 spiro atoms. The van der Waals surface area contributed by atoms with E-state index >= 15 is 0 Å². The van der Waals surface area contributed by atoms with Crippen LogP contribution >= 0.6 is 23.3 Å². The predicted octanol–water partition coefficient (Wildman–Crippen LogP) is 2.45. The zero-order chi connectivity index (χ0) is 32.3. The molecule has 1 aromatic heterocycles. The molecular formula is C29H40N8O7S2. The van der Waals surface area contributed by atoms with Crippen LogP contribution in [0.25, 0.3) is 20.5 Å². The second-order valence-corrected chi connectivity index (χ2v) is 13.7. The second kappa shape index (κ2) is 17.0. The Bertz CT molecular complexity index is 1470. The van der Waals surface area contributed by atoms with Crippen molar-refractivity contribution in [3.8, 4) is 0 Å². The second-order valence-electron chi connectivity index (χ2n) is 11.3. The van der Waals surface area contributed by atoms with Crippen molar-refractivity contribution in [2.24, 2.45) is 5.11 Å². The first-order chi connectivity index (χ1) is 22.4. The summed E-state index contributed by atoms with van der Waals surface area (Å²) in [5, 5.41) is 10.4. The van der Waals surface area contributed by atoms with E-state index < -0.39 is 0 Å². The molecule has 0 radical (unpaired) electrons. The summed E-state index contributed by atoms with van der Waals surface area (Å²) in [6, 6.07) is 5.21. The maximum absolute atomic E-state index is 12.9. The molecule has 250 valence electrons. The number of thioether (sulfide) groups is 1. The average Bonchev–Trinajstić information content (AvgIpc) is 3.70. The summed E-state index contributed by atoms with van der Waals surface area (Å²) in [5.74, 6) is 0.623. The minimum Gasteiger partial charge on any atom is -0.463 e. The number of nitrogens with one attached hydrogen (secondary N) is 2. The van der Waals surface area contributed by atoms with Gasteiger partial charge in [-0.25, -0.2) is 4.79 Å². The summed E-state index contributed by atoms with van der Waals surface area (Å²) in [5.41, 5.74) is 8.83. The molecule has 3 atom stereocenters. The number of carbonyl (C=O) groups is 3. The Morgan fingerprint density at radius 1 is 1.02 bits per heavy atom. The van der Waals surface area contributed by atoms with Crippen molar-refractivity contribution in [2.45, 2.75) is 49.6 Å². The van der Waals surface area contributed by atoms with Crippen molar-refractivity contribution in [1.82, 2.24) is 24.4 Å². The van der Waals surface area contributed by atoms with Crippen molar-refractivity contribution < 1.29 is 28.6 Å². The maximum Gasteiger partial charge on any atom is 0.315 e. The molecule has 0 saturated carbocycles. The molecule has 2 aromatic rings. The molecule has 3 aliphatic rings. The molecule has 17 heteroatoms. The first-order valence-corrected chi connectivity index (χ1v) is 17.4. The van der Waals surface area contributed by atoms with Crippen LogP contribution in [0.3, 0.4) is 0 Å². The Labute approximate surface area is 274 Å². The van der Waals surface area contributed by atoms with Gasteiger partial charge in [-0.15, -0.1) is 0 Å². The van der Waals surface area contributed by atoms with E-state index in [2.05, 4.69) is 25.6 Å². The highest BCUT2D eigenvalue weighted by Crippen LogP contribution is 2.33. The fourth-order valence-corrected chi connectivity index (χ4v) is 8.34. The molecule has 4 heterocycles. The SMILES string of the molecule is [N-]=[N+]=Nc1ccc2c(=O)n(CC(=O)N3CCN(CCOCCOCCOC(=O)CCCC[C@@H]4SC[C@@H]5NC(=O)N[C@@H]54)CC3)sc2c1. The van der Waals surface area contributed by atoms with Crippen LogP contribution in [-0.4, -0.2) is 121 Å². The number of aromatic nitrogens is 1. The number of hydrogen-bond donors (Lipinski definition) is 2. The number of ether oxygens (including phenoxy) is 3. The van der Waals surface area contributed by atoms with E-state index in [1.807, 2.05) is 11.8 Å². The van der Waals surface area contributed by atoms with Gasteiger partial charge in [-0.2, -0.15) is 11.8 Å². The minimum absolute atomic E-state index is 0.0150. The highest BCUT2D eigenvalue weighted by atomic mass is 32.2. The number of urea groups is 1. The fraction of sp³-hybridized carbons (Fsp3) is 0.655. The van der Waals surface area contributed by atoms with Gasteiger partial charge in [0.1, 0.15) is 13.2 Å². The van der Waals surface area contributed by atoms with E-state index in [9.17, 15) is 19.2 Å². The Kier molecular flexibility index (Phi) is 12.6. The minimum atomic E-state index is -0.221. The number of esters is 1. The van der Waals surface area contributed by atoms with Crippen molar-refractivity contribution in [2.75, 3.05) is 71.5 Å². The van der Waals surface area contributed by atoms with Crippen molar-refractivity contribution >= 4 is 57.0 Å². The van der Waals surface area contributed by atoms with E-state index in [-0.39, 0.29) is 48.7 Å². The van der Waals surface area contributed by atoms with E-state index in [1.54, 1.807) is 23.1 Å². The van der Waals surface area contributed by atoms with Crippen molar-refractivity contribution in [3.05, 3.63) is 39.0 Å². The fourth-order valence-electron chi connectivity index (χ4n) is 5.78. The van der Waals surface area contributed by atoms with E-state index in [0.29, 0.717) is 67.0 Å². The first kappa shape index (κ1) is 34.0. The lowest BCUT2D eigenvalue weighted by Gasteiger charge is -2.34. The topological polar surface area (TPSA) is 180 Å². The van der Waals surface area contributed by atoms with Crippen LogP contribution in [0, 0.1) is 0 Å². The molecule has 15 nitrogen and oxygen atoms in total. The molecule has 0 aliphatic carbocycles. The van der Waals surface area contributed by atoms with Gasteiger partial charge in [0.25, 0.3) is 5.56 Å². The number of rotatable bonds is 17. The normalized spacial score (nSPS) is 21.1. The molecule has 3 aliphatic heterocycles. The highest BCUT2D eigenvalue weighted by molar-refractivity contribution is 8.00. The van der Waals surface area contributed by atoms with Gasteiger partial charge >= 0.3 is 12.0 Å². The first-order valence-electron chi connectivity index (χ1n) is 15.6. The van der Waals surface area contributed by atoms with Crippen LogP contribution in [0.4, 0.5) is 10.5 Å². The number of piperazine rings is 1. The van der Waals surface area contributed by atoms with Gasteiger partial charge in [-0.3, -0.25) is 23.2 Å². The standard InChI is InChI=1S/C29H40N8O7S2/c30-34-33-20-5-6-21-24(17-20)46-37(28(21)40)18-25(38)36-9-7-35(8-10-36)11-12-42-13-14-43-15-16-44-26(39)4-2-1-3-23-27-22(19-45-23)31-29(41)32-27/h5-6,17,22-23,27H,1-4,7-16,18-19H2,(H2,31,32,41)/t22-,23-,27-/m0/s1. The largest absolute Gasteiger partial charge is 0.463 e. The van der Waals surface area contributed by atoms with Gasteiger partial charge in [0, 0.05) is 60.7 Å².